The van der Waals surface area contributed by atoms with E-state index in [1.165, 1.54) is 15.9 Å². The molecule has 0 bridgehead atoms. The number of hydrogen-bond donors (Lipinski definition) is 0. The molecule has 2 aromatic heterocycles. The van der Waals surface area contributed by atoms with Gasteiger partial charge >= 0.3 is 0 Å². The van der Waals surface area contributed by atoms with Crippen LogP contribution in [0.2, 0.25) is 0 Å². The summed E-state index contributed by atoms with van der Waals surface area (Å²) in [7, 11) is 0. The molecule has 7 heteroatoms. The summed E-state index contributed by atoms with van der Waals surface area (Å²) in [6.45, 7) is 0.221. The Morgan fingerprint density at radius 2 is 2.21 bits per heavy atom. The van der Waals surface area contributed by atoms with Crippen LogP contribution in [0.5, 0.6) is 11.5 Å². The molecular weight excluding hydrogens is 266 g/mol. The van der Waals surface area contributed by atoms with Crippen molar-refractivity contribution in [2.75, 3.05) is 6.79 Å². The third kappa shape index (κ3) is 1.45. The Morgan fingerprint density at radius 1 is 1.32 bits per heavy atom. The molecule has 3 heterocycles. The summed E-state index contributed by atoms with van der Waals surface area (Å²) in [4.78, 5) is 16.4. The Kier molecular flexibility index (Phi) is 2.10. The number of fused-ring (bicyclic) bond motifs is 2. The minimum atomic E-state index is 0.221. The van der Waals surface area contributed by atoms with Crippen molar-refractivity contribution in [1.29, 1.82) is 0 Å². The fraction of sp³-hybridized carbons (Fsp3) is 0.0833. The highest BCUT2D eigenvalue weighted by molar-refractivity contribution is 7.14. The van der Waals surface area contributed by atoms with E-state index in [1.54, 1.807) is 5.51 Å². The van der Waals surface area contributed by atoms with Gasteiger partial charge in [-0.15, -0.1) is 0 Å². The third-order valence-electron chi connectivity index (χ3n) is 2.94. The van der Waals surface area contributed by atoms with Crippen molar-refractivity contribution in [1.82, 2.24) is 14.6 Å². The highest BCUT2D eigenvalue weighted by Crippen LogP contribution is 2.36. The molecule has 1 aromatic carbocycles. The molecule has 0 radical (unpaired) electrons. The molecule has 0 unspecified atom stereocenters. The van der Waals surface area contributed by atoms with Crippen LogP contribution in [0.3, 0.4) is 0 Å². The normalized spacial score (nSPS) is 13.1. The number of hydrogen-bond acceptors (Lipinski definition) is 6. The van der Waals surface area contributed by atoms with Crippen molar-refractivity contribution in [2.45, 2.75) is 0 Å². The van der Waals surface area contributed by atoms with E-state index in [1.807, 2.05) is 18.2 Å². The summed E-state index contributed by atoms with van der Waals surface area (Å²) in [5, 5.41) is 4.09. The lowest BCUT2D eigenvalue weighted by molar-refractivity contribution is 0.111. The van der Waals surface area contributed by atoms with E-state index >= 15 is 0 Å². The fourth-order valence-corrected chi connectivity index (χ4v) is 2.70. The van der Waals surface area contributed by atoms with Gasteiger partial charge in [-0.1, -0.05) is 11.3 Å². The van der Waals surface area contributed by atoms with Crippen molar-refractivity contribution in [3.63, 3.8) is 0 Å². The largest absolute Gasteiger partial charge is 0.454 e. The van der Waals surface area contributed by atoms with Crippen molar-refractivity contribution >= 4 is 22.6 Å². The van der Waals surface area contributed by atoms with Gasteiger partial charge in [0.15, 0.2) is 17.8 Å². The average molecular weight is 273 g/mol. The first kappa shape index (κ1) is 10.5. The van der Waals surface area contributed by atoms with Crippen LogP contribution in [0.25, 0.3) is 16.2 Å². The van der Waals surface area contributed by atoms with Crippen LogP contribution in [-0.4, -0.2) is 27.7 Å². The highest BCUT2D eigenvalue weighted by atomic mass is 32.1. The summed E-state index contributed by atoms with van der Waals surface area (Å²) >= 11 is 1.38. The maximum Gasteiger partial charge on any atom is 0.231 e. The Labute approximate surface area is 111 Å². The highest BCUT2D eigenvalue weighted by Gasteiger charge is 2.19. The number of ether oxygens (including phenoxy) is 2. The molecule has 0 spiro atoms. The Morgan fingerprint density at radius 3 is 3.11 bits per heavy atom. The molecule has 0 saturated heterocycles. The number of rotatable bonds is 2. The summed E-state index contributed by atoms with van der Waals surface area (Å²) in [5.74, 6) is 1.37. The predicted octanol–water partition coefficient (Wildman–Crippen LogP) is 2.00. The number of aromatic nitrogens is 3. The lowest BCUT2D eigenvalue weighted by Gasteiger charge is -2.00. The molecular formula is C12H7N3O3S. The van der Waals surface area contributed by atoms with Crippen LogP contribution < -0.4 is 9.47 Å². The summed E-state index contributed by atoms with van der Waals surface area (Å²) in [6.07, 6.45) is 0.764. The van der Waals surface area contributed by atoms with E-state index < -0.39 is 0 Å². The predicted molar refractivity (Wildman–Crippen MR) is 67.8 cm³/mol. The van der Waals surface area contributed by atoms with Crippen molar-refractivity contribution in [2.24, 2.45) is 0 Å². The molecule has 0 atom stereocenters. The first-order valence-corrected chi connectivity index (χ1v) is 6.42. The van der Waals surface area contributed by atoms with Gasteiger partial charge in [0.1, 0.15) is 16.9 Å². The zero-order valence-corrected chi connectivity index (χ0v) is 10.4. The standard InChI is InChI=1S/C12H7N3O3S/c16-4-8-11(14-12-15(8)13-5-19-12)7-1-2-9-10(3-7)18-6-17-9/h1-5H,6H2. The number of carbonyl (C=O) groups is 1. The van der Waals surface area contributed by atoms with E-state index in [-0.39, 0.29) is 6.79 Å². The molecule has 0 amide bonds. The van der Waals surface area contributed by atoms with E-state index in [0.717, 1.165) is 11.8 Å². The Hall–Kier alpha value is -2.41. The maximum absolute atomic E-state index is 11.3. The van der Waals surface area contributed by atoms with Gasteiger partial charge in [0.25, 0.3) is 0 Å². The number of benzene rings is 1. The number of carbonyl (C=O) groups excluding carboxylic acids is 1. The smallest absolute Gasteiger partial charge is 0.231 e. The molecule has 6 nitrogen and oxygen atoms in total. The molecule has 4 rings (SSSR count). The van der Waals surface area contributed by atoms with Crippen LogP contribution in [0.1, 0.15) is 10.5 Å². The van der Waals surface area contributed by atoms with Gasteiger partial charge in [-0.2, -0.15) is 9.61 Å². The number of aldehydes is 1. The average Bonchev–Trinajstić information content (AvgIpc) is 3.12. The lowest BCUT2D eigenvalue weighted by Crippen LogP contribution is -1.93. The molecule has 0 saturated carbocycles. The van der Waals surface area contributed by atoms with E-state index in [9.17, 15) is 4.79 Å². The number of imidazole rings is 1. The van der Waals surface area contributed by atoms with Crippen molar-refractivity contribution < 1.29 is 14.3 Å². The van der Waals surface area contributed by atoms with Crippen LogP contribution >= 0.6 is 11.3 Å². The molecule has 0 N–H and O–H groups in total. The molecule has 3 aromatic rings. The third-order valence-corrected chi connectivity index (χ3v) is 3.61. The summed E-state index contributed by atoms with van der Waals surface area (Å²) in [5.41, 5.74) is 3.51. The van der Waals surface area contributed by atoms with E-state index in [2.05, 4.69) is 10.1 Å². The minimum absolute atomic E-state index is 0.221. The van der Waals surface area contributed by atoms with Gasteiger partial charge < -0.3 is 9.47 Å². The van der Waals surface area contributed by atoms with Gasteiger partial charge in [-0.25, -0.2) is 4.98 Å². The Bertz CT molecular complexity index is 793. The molecule has 94 valence electrons. The quantitative estimate of drug-likeness (QED) is 0.668. The monoisotopic (exact) mass is 273 g/mol. The van der Waals surface area contributed by atoms with E-state index in [0.29, 0.717) is 27.8 Å². The maximum atomic E-state index is 11.3. The minimum Gasteiger partial charge on any atom is -0.454 e. The lowest BCUT2D eigenvalue weighted by atomic mass is 10.1. The Balaban J connectivity index is 1.94. The first-order chi connectivity index (χ1) is 9.36. The SMILES string of the molecule is O=Cc1c(-c2ccc3c(c2)OCO3)nc2scnn12. The van der Waals surface area contributed by atoms with Crippen molar-refractivity contribution in [3.05, 3.63) is 29.4 Å². The second-order valence-corrected chi connectivity index (χ2v) is 4.78. The topological polar surface area (TPSA) is 65.7 Å². The second kappa shape index (κ2) is 3.79. The first-order valence-electron chi connectivity index (χ1n) is 5.54. The second-order valence-electron chi connectivity index (χ2n) is 3.96. The van der Waals surface area contributed by atoms with Gasteiger partial charge in [0, 0.05) is 5.56 Å². The van der Waals surface area contributed by atoms with E-state index in [4.69, 9.17) is 9.47 Å². The van der Waals surface area contributed by atoms with Crippen LogP contribution in [0.15, 0.2) is 23.7 Å². The van der Waals surface area contributed by atoms with Gasteiger partial charge in [0.2, 0.25) is 11.8 Å². The van der Waals surface area contributed by atoms with Gasteiger partial charge in [-0.05, 0) is 18.2 Å². The molecule has 1 aliphatic rings. The fourth-order valence-electron chi connectivity index (χ4n) is 2.07. The zero-order chi connectivity index (χ0) is 12.8. The molecule has 0 fully saturated rings. The van der Waals surface area contributed by atoms with Gasteiger partial charge in [-0.3, -0.25) is 4.79 Å². The number of nitrogens with zero attached hydrogens (tertiary/aromatic N) is 3. The zero-order valence-electron chi connectivity index (χ0n) is 9.57. The van der Waals surface area contributed by atoms with Gasteiger partial charge in [0.05, 0.1) is 0 Å². The molecule has 1 aliphatic heterocycles. The van der Waals surface area contributed by atoms with Crippen LogP contribution in [0, 0.1) is 0 Å². The molecule has 0 aliphatic carbocycles. The summed E-state index contributed by atoms with van der Waals surface area (Å²) in [6, 6.07) is 5.49. The van der Waals surface area contributed by atoms with Crippen LogP contribution in [-0.2, 0) is 0 Å². The van der Waals surface area contributed by atoms with Crippen LogP contribution in [0.4, 0.5) is 0 Å². The van der Waals surface area contributed by atoms with Crippen molar-refractivity contribution in [3.8, 4) is 22.8 Å². The summed E-state index contributed by atoms with van der Waals surface area (Å²) < 4.78 is 12.1. The molecule has 19 heavy (non-hydrogen) atoms.